The average molecular weight is 593 g/mol. The van der Waals surface area contributed by atoms with E-state index in [-0.39, 0.29) is 16.9 Å². The molecular formula is C38H56O5. The highest BCUT2D eigenvalue weighted by Crippen LogP contribution is 2.45. The molecule has 238 valence electrons. The third kappa shape index (κ3) is 9.84. The van der Waals surface area contributed by atoms with Crippen LogP contribution in [0.5, 0.6) is 17.2 Å². The number of fused-ring (bicyclic) bond motifs is 1. The lowest BCUT2D eigenvalue weighted by molar-refractivity contribution is -0.131. The van der Waals surface area contributed by atoms with Crippen LogP contribution in [0.1, 0.15) is 138 Å². The van der Waals surface area contributed by atoms with E-state index >= 15 is 0 Å². The first-order valence-corrected chi connectivity index (χ1v) is 16.6. The van der Waals surface area contributed by atoms with Crippen LogP contribution in [0, 0.1) is 38.5 Å². The van der Waals surface area contributed by atoms with Crippen molar-refractivity contribution in [1.29, 1.82) is 0 Å². The van der Waals surface area contributed by atoms with Crippen LogP contribution in [-0.2, 0) is 11.2 Å². The Kier molecular flexibility index (Phi) is 12.7. The Morgan fingerprint density at radius 1 is 0.837 bits per heavy atom. The van der Waals surface area contributed by atoms with E-state index in [4.69, 9.17) is 14.2 Å². The largest absolute Gasteiger partial charge is 0.487 e. The minimum atomic E-state index is -0.543. The summed E-state index contributed by atoms with van der Waals surface area (Å²) in [6.07, 6.45) is 13.4. The lowest BCUT2D eigenvalue weighted by atomic mass is 9.83. The topological polar surface area (TPSA) is 61.8 Å². The van der Waals surface area contributed by atoms with Crippen molar-refractivity contribution in [2.75, 3.05) is 0 Å². The minimum absolute atomic E-state index is 0.192. The van der Waals surface area contributed by atoms with Gasteiger partial charge in [0.2, 0.25) is 0 Å². The third-order valence-electron chi connectivity index (χ3n) is 9.39. The molecule has 0 radical (unpaired) electrons. The smallest absolute Gasteiger partial charge is 0.347 e. The summed E-state index contributed by atoms with van der Waals surface area (Å²) in [6, 6.07) is 6.66. The zero-order chi connectivity index (χ0) is 31.7. The first-order chi connectivity index (χ1) is 20.3. The summed E-state index contributed by atoms with van der Waals surface area (Å²) in [6.45, 7) is 19.1. The van der Waals surface area contributed by atoms with Crippen LogP contribution in [0.4, 0.5) is 0 Å². The van der Waals surface area contributed by atoms with Crippen molar-refractivity contribution in [1.82, 2.24) is 0 Å². The standard InChI is InChI=1S/C38H56O5/c1-25(2)15-12-16-26(3)17-13-18-27(4)19-14-23-38(9)24-22-32-30(7)35(28(5)29(6)36(32)43-38)42-37(40)33-20-10-11-21-34(33)41-31(8)39/h10-11,20-21,25-27H,12-19,22-24H2,1-9H3. The highest BCUT2D eigenvalue weighted by atomic mass is 16.6. The molecule has 0 bridgehead atoms. The van der Waals surface area contributed by atoms with Crippen molar-refractivity contribution in [3.63, 3.8) is 0 Å². The number of carbonyl (C=O) groups is 2. The molecule has 2 aromatic carbocycles. The number of rotatable bonds is 15. The molecule has 0 amide bonds. The second-order valence-electron chi connectivity index (χ2n) is 13.9. The number of hydrogen-bond acceptors (Lipinski definition) is 5. The van der Waals surface area contributed by atoms with Crippen LogP contribution < -0.4 is 14.2 Å². The van der Waals surface area contributed by atoms with E-state index < -0.39 is 11.9 Å². The van der Waals surface area contributed by atoms with Gasteiger partial charge in [-0.2, -0.15) is 0 Å². The Balaban J connectivity index is 1.58. The Hall–Kier alpha value is -2.82. The van der Waals surface area contributed by atoms with Gasteiger partial charge in [0.05, 0.1) is 0 Å². The summed E-state index contributed by atoms with van der Waals surface area (Å²) in [5.41, 5.74) is 3.99. The predicted octanol–water partition coefficient (Wildman–Crippen LogP) is 10.3. The first kappa shape index (κ1) is 34.7. The lowest BCUT2D eigenvalue weighted by Gasteiger charge is -2.38. The Morgan fingerprint density at radius 3 is 2.07 bits per heavy atom. The fourth-order valence-electron chi connectivity index (χ4n) is 6.44. The molecule has 0 spiro atoms. The van der Waals surface area contributed by atoms with Gasteiger partial charge < -0.3 is 14.2 Å². The maximum Gasteiger partial charge on any atom is 0.347 e. The van der Waals surface area contributed by atoms with Gasteiger partial charge in [-0.25, -0.2) is 4.79 Å². The van der Waals surface area contributed by atoms with Gasteiger partial charge in [0.1, 0.15) is 28.4 Å². The summed E-state index contributed by atoms with van der Waals surface area (Å²) in [5, 5.41) is 0. The molecule has 3 atom stereocenters. The zero-order valence-corrected chi connectivity index (χ0v) is 28.4. The van der Waals surface area contributed by atoms with Crippen LogP contribution >= 0.6 is 0 Å². The Morgan fingerprint density at radius 2 is 1.44 bits per heavy atom. The van der Waals surface area contributed by atoms with E-state index in [1.54, 1.807) is 24.3 Å². The van der Waals surface area contributed by atoms with E-state index in [1.165, 1.54) is 58.3 Å². The third-order valence-corrected chi connectivity index (χ3v) is 9.39. The summed E-state index contributed by atoms with van der Waals surface area (Å²) in [4.78, 5) is 24.7. The number of esters is 2. The summed E-state index contributed by atoms with van der Waals surface area (Å²) in [5.74, 6) is 3.10. The highest BCUT2D eigenvalue weighted by Gasteiger charge is 2.35. The fourth-order valence-corrected chi connectivity index (χ4v) is 6.44. The summed E-state index contributed by atoms with van der Waals surface area (Å²) >= 11 is 0. The second kappa shape index (κ2) is 15.8. The maximum absolute atomic E-state index is 13.2. The van der Waals surface area contributed by atoms with Gasteiger partial charge >= 0.3 is 11.9 Å². The van der Waals surface area contributed by atoms with Crippen LogP contribution in [0.25, 0.3) is 0 Å². The van der Waals surface area contributed by atoms with Gasteiger partial charge in [0, 0.05) is 12.5 Å². The fraction of sp³-hybridized carbons (Fsp3) is 0.632. The van der Waals surface area contributed by atoms with Gasteiger partial charge in [0.25, 0.3) is 0 Å². The molecule has 3 rings (SSSR count). The van der Waals surface area contributed by atoms with Crippen LogP contribution in [0.3, 0.4) is 0 Å². The molecule has 0 N–H and O–H groups in total. The molecule has 0 aromatic heterocycles. The molecule has 3 unspecified atom stereocenters. The molecular weight excluding hydrogens is 536 g/mol. The number of hydrogen-bond donors (Lipinski definition) is 0. The summed E-state index contributed by atoms with van der Waals surface area (Å²) in [7, 11) is 0. The number of para-hydroxylation sites is 1. The van der Waals surface area contributed by atoms with Crippen molar-refractivity contribution < 1.29 is 23.8 Å². The van der Waals surface area contributed by atoms with Crippen molar-refractivity contribution in [3.8, 4) is 17.2 Å². The van der Waals surface area contributed by atoms with Crippen molar-refractivity contribution >= 4 is 11.9 Å². The van der Waals surface area contributed by atoms with Crippen LogP contribution in [-0.4, -0.2) is 17.5 Å². The van der Waals surface area contributed by atoms with Gasteiger partial charge in [0.15, 0.2) is 0 Å². The van der Waals surface area contributed by atoms with Gasteiger partial charge in [-0.05, 0) is 100.0 Å². The molecule has 2 aromatic rings. The molecule has 5 nitrogen and oxygen atoms in total. The minimum Gasteiger partial charge on any atom is -0.487 e. The van der Waals surface area contributed by atoms with E-state index in [2.05, 4.69) is 41.5 Å². The number of ether oxygens (including phenoxy) is 3. The van der Waals surface area contributed by atoms with Crippen LogP contribution in [0.15, 0.2) is 24.3 Å². The maximum atomic E-state index is 13.2. The Bertz CT molecular complexity index is 1250. The highest BCUT2D eigenvalue weighted by molar-refractivity contribution is 5.95. The predicted molar refractivity (Wildman–Crippen MR) is 175 cm³/mol. The monoisotopic (exact) mass is 592 g/mol. The normalized spacial score (nSPS) is 17.6. The quantitative estimate of drug-likeness (QED) is 0.152. The first-order valence-electron chi connectivity index (χ1n) is 16.6. The zero-order valence-electron chi connectivity index (χ0n) is 28.4. The van der Waals surface area contributed by atoms with Crippen molar-refractivity contribution in [2.45, 2.75) is 139 Å². The lowest BCUT2D eigenvalue weighted by Crippen LogP contribution is -2.37. The Labute approximate surface area is 261 Å². The van der Waals surface area contributed by atoms with Crippen molar-refractivity contribution in [3.05, 3.63) is 52.1 Å². The van der Waals surface area contributed by atoms with E-state index in [1.807, 2.05) is 13.8 Å². The molecule has 1 aliphatic rings. The number of carbonyl (C=O) groups excluding carboxylic acids is 2. The molecule has 1 heterocycles. The molecule has 0 saturated carbocycles. The second-order valence-corrected chi connectivity index (χ2v) is 13.9. The molecule has 0 saturated heterocycles. The van der Waals surface area contributed by atoms with Crippen molar-refractivity contribution in [2.24, 2.45) is 17.8 Å². The van der Waals surface area contributed by atoms with Gasteiger partial charge in [-0.1, -0.05) is 84.8 Å². The molecule has 0 aliphatic carbocycles. The van der Waals surface area contributed by atoms with E-state index in [0.717, 1.165) is 65.0 Å². The SMILES string of the molecule is CC(=O)Oc1ccccc1C(=O)Oc1c(C)c(C)c2c(c1C)CCC(C)(CCCC(C)CCCC(C)CCCC(C)C)O2. The number of benzene rings is 2. The average Bonchev–Trinajstić information content (AvgIpc) is 2.93. The molecule has 0 fully saturated rings. The van der Waals surface area contributed by atoms with Gasteiger partial charge in [-0.15, -0.1) is 0 Å². The van der Waals surface area contributed by atoms with E-state index in [9.17, 15) is 9.59 Å². The molecule has 5 heteroatoms. The molecule has 1 aliphatic heterocycles. The summed E-state index contributed by atoms with van der Waals surface area (Å²) < 4.78 is 18.0. The van der Waals surface area contributed by atoms with E-state index in [0.29, 0.717) is 5.75 Å². The van der Waals surface area contributed by atoms with Crippen LogP contribution in [0.2, 0.25) is 0 Å². The molecule has 43 heavy (non-hydrogen) atoms. The van der Waals surface area contributed by atoms with Gasteiger partial charge in [-0.3, -0.25) is 4.79 Å².